The average Bonchev–Trinajstić information content (AvgIpc) is 3.10. The third-order valence-corrected chi connectivity index (χ3v) is 6.02. The van der Waals surface area contributed by atoms with E-state index in [4.69, 9.17) is 0 Å². The van der Waals surface area contributed by atoms with Crippen LogP contribution in [0.3, 0.4) is 0 Å². The van der Waals surface area contributed by atoms with Gasteiger partial charge in [-0.2, -0.15) is 0 Å². The smallest absolute Gasteiger partial charge is 0.266 e. The zero-order valence-electron chi connectivity index (χ0n) is 16.4. The molecule has 1 atom stereocenters. The second kappa shape index (κ2) is 10.8. The number of carbonyl (C=O) groups excluding carboxylic acids is 1. The molecular formula is C21H23Cl2FN4OS. The Balaban J connectivity index is 0.00000160. The van der Waals surface area contributed by atoms with E-state index in [2.05, 4.69) is 15.3 Å². The summed E-state index contributed by atoms with van der Waals surface area (Å²) in [5.74, 6) is -0.245. The van der Waals surface area contributed by atoms with Gasteiger partial charge in [-0.25, -0.2) is 9.37 Å². The van der Waals surface area contributed by atoms with Crippen molar-refractivity contribution >= 4 is 42.1 Å². The summed E-state index contributed by atoms with van der Waals surface area (Å²) in [6.45, 7) is 3.99. The number of piperazine rings is 1. The lowest BCUT2D eigenvalue weighted by molar-refractivity contribution is 0.0638. The maximum atomic E-state index is 13.3. The van der Waals surface area contributed by atoms with Gasteiger partial charge < -0.3 is 10.2 Å². The summed E-state index contributed by atoms with van der Waals surface area (Å²) >= 11 is 1.43. The fraction of sp³-hybridized carbons (Fsp3) is 0.286. The fourth-order valence-corrected chi connectivity index (χ4v) is 4.51. The first kappa shape index (κ1) is 24.2. The van der Waals surface area contributed by atoms with Crippen molar-refractivity contribution < 1.29 is 9.18 Å². The van der Waals surface area contributed by atoms with E-state index >= 15 is 0 Å². The van der Waals surface area contributed by atoms with Crippen LogP contribution in [0.25, 0.3) is 0 Å². The van der Waals surface area contributed by atoms with E-state index in [0.29, 0.717) is 24.4 Å². The fourth-order valence-electron chi connectivity index (χ4n) is 3.45. The van der Waals surface area contributed by atoms with Gasteiger partial charge in [-0.15, -0.1) is 36.2 Å². The Morgan fingerprint density at radius 3 is 2.73 bits per heavy atom. The molecule has 1 fully saturated rings. The summed E-state index contributed by atoms with van der Waals surface area (Å²) in [6.07, 6.45) is 4.14. The van der Waals surface area contributed by atoms with Gasteiger partial charge in [0.2, 0.25) is 0 Å². The van der Waals surface area contributed by atoms with Crippen molar-refractivity contribution in [1.82, 2.24) is 20.2 Å². The highest BCUT2D eigenvalue weighted by Gasteiger charge is 2.31. The van der Waals surface area contributed by atoms with Crippen molar-refractivity contribution in [2.24, 2.45) is 0 Å². The van der Waals surface area contributed by atoms with Gasteiger partial charge >= 0.3 is 0 Å². The van der Waals surface area contributed by atoms with Crippen LogP contribution in [0.2, 0.25) is 0 Å². The molecule has 30 heavy (non-hydrogen) atoms. The topological polar surface area (TPSA) is 58.1 Å². The van der Waals surface area contributed by atoms with Crippen LogP contribution in [0.1, 0.15) is 37.5 Å². The highest BCUT2D eigenvalue weighted by atomic mass is 35.5. The molecule has 160 valence electrons. The second-order valence-corrected chi connectivity index (χ2v) is 7.91. The van der Waals surface area contributed by atoms with Crippen molar-refractivity contribution in [3.8, 4) is 0 Å². The Bertz CT molecular complexity index is 969. The molecule has 1 aliphatic rings. The molecule has 4 rings (SSSR count). The number of hydrogen-bond donors (Lipinski definition) is 1. The van der Waals surface area contributed by atoms with E-state index in [0.717, 1.165) is 28.4 Å². The number of hydrogen-bond acceptors (Lipinski definition) is 5. The van der Waals surface area contributed by atoms with E-state index in [1.165, 1.54) is 23.5 Å². The molecule has 1 aliphatic heterocycles. The molecule has 1 unspecified atom stereocenters. The lowest BCUT2D eigenvalue weighted by atomic mass is 10.0. The summed E-state index contributed by atoms with van der Waals surface area (Å²) < 4.78 is 13.1. The molecule has 3 heterocycles. The van der Waals surface area contributed by atoms with E-state index in [-0.39, 0.29) is 42.6 Å². The molecule has 1 N–H and O–H groups in total. The van der Waals surface area contributed by atoms with Crippen molar-refractivity contribution in [3.05, 3.63) is 81.3 Å². The number of halogens is 3. The Kier molecular flexibility index (Phi) is 8.73. The number of benzene rings is 1. The van der Waals surface area contributed by atoms with Gasteiger partial charge in [-0.05, 0) is 36.2 Å². The van der Waals surface area contributed by atoms with Crippen LogP contribution in [-0.4, -0.2) is 40.4 Å². The van der Waals surface area contributed by atoms with Gasteiger partial charge in [0, 0.05) is 38.4 Å². The number of nitrogens with zero attached hydrogens (tertiary/aromatic N) is 3. The predicted molar refractivity (Wildman–Crippen MR) is 121 cm³/mol. The predicted octanol–water partition coefficient (Wildman–Crippen LogP) is 4.21. The monoisotopic (exact) mass is 468 g/mol. The number of thiazole rings is 1. The molecule has 5 nitrogen and oxygen atoms in total. The van der Waals surface area contributed by atoms with Crippen LogP contribution in [0, 0.1) is 12.7 Å². The van der Waals surface area contributed by atoms with Crippen LogP contribution in [-0.2, 0) is 6.42 Å². The minimum atomic E-state index is -0.255. The highest BCUT2D eigenvalue weighted by Crippen LogP contribution is 2.28. The third kappa shape index (κ3) is 5.35. The number of nitrogens with one attached hydrogen (secondary N) is 1. The van der Waals surface area contributed by atoms with Crippen molar-refractivity contribution in [2.45, 2.75) is 19.4 Å². The normalized spacial score (nSPS) is 15.8. The zero-order chi connectivity index (χ0) is 19.5. The van der Waals surface area contributed by atoms with Crippen LogP contribution in [0.5, 0.6) is 0 Å². The van der Waals surface area contributed by atoms with E-state index in [1.54, 1.807) is 18.3 Å². The largest absolute Gasteiger partial charge is 0.328 e. The maximum Gasteiger partial charge on any atom is 0.266 e. The van der Waals surface area contributed by atoms with E-state index < -0.39 is 0 Å². The average molecular weight is 469 g/mol. The van der Waals surface area contributed by atoms with E-state index in [1.807, 2.05) is 30.2 Å². The van der Waals surface area contributed by atoms with Crippen LogP contribution >= 0.6 is 36.2 Å². The Morgan fingerprint density at radius 1 is 1.27 bits per heavy atom. The molecular weight excluding hydrogens is 446 g/mol. The van der Waals surface area contributed by atoms with Gasteiger partial charge in [0.15, 0.2) is 0 Å². The highest BCUT2D eigenvalue weighted by molar-refractivity contribution is 7.13. The molecule has 1 aromatic carbocycles. The first-order chi connectivity index (χ1) is 13.6. The summed E-state index contributed by atoms with van der Waals surface area (Å²) in [5, 5.41) is 4.22. The molecule has 0 spiro atoms. The van der Waals surface area contributed by atoms with Crippen molar-refractivity contribution in [1.29, 1.82) is 0 Å². The Hall–Kier alpha value is -2.06. The van der Waals surface area contributed by atoms with E-state index in [9.17, 15) is 9.18 Å². The number of carbonyl (C=O) groups is 1. The molecule has 2 aromatic heterocycles. The number of rotatable bonds is 4. The lowest BCUT2D eigenvalue weighted by Gasteiger charge is -2.36. The van der Waals surface area contributed by atoms with Crippen LogP contribution in [0.4, 0.5) is 4.39 Å². The molecule has 0 radical (unpaired) electrons. The zero-order valence-corrected chi connectivity index (χ0v) is 18.8. The summed E-state index contributed by atoms with van der Waals surface area (Å²) in [4.78, 5) is 24.7. The molecule has 0 saturated carbocycles. The molecule has 1 amide bonds. The minimum Gasteiger partial charge on any atom is -0.328 e. The number of pyridine rings is 1. The molecule has 9 heteroatoms. The molecule has 1 saturated heterocycles. The number of aryl methyl sites for hydroxylation is 1. The first-order valence-electron chi connectivity index (χ1n) is 9.24. The van der Waals surface area contributed by atoms with Gasteiger partial charge in [-0.3, -0.25) is 9.78 Å². The quantitative estimate of drug-likeness (QED) is 0.622. The standard InChI is InChI=1S/C21H21FN4OS.2ClH/c1-14-20(28-19(25-14)11-15-4-6-17(22)7-5-15)21(27)26-10-9-24-13-18(26)16-3-2-8-23-12-16;;/h2-8,12,18,24H,9-11,13H2,1H3;2*1H. The van der Waals surface area contributed by atoms with Crippen molar-refractivity contribution in [2.75, 3.05) is 19.6 Å². The first-order valence-corrected chi connectivity index (χ1v) is 10.1. The summed E-state index contributed by atoms with van der Waals surface area (Å²) in [7, 11) is 0. The van der Waals surface area contributed by atoms with Gasteiger partial charge in [0.1, 0.15) is 10.7 Å². The summed E-state index contributed by atoms with van der Waals surface area (Å²) in [6, 6.07) is 10.2. The Labute approximate surface area is 191 Å². The number of aromatic nitrogens is 2. The SMILES string of the molecule is Cc1nc(Cc2ccc(F)cc2)sc1C(=O)N1CCNCC1c1cccnc1.Cl.Cl. The number of amides is 1. The summed E-state index contributed by atoms with van der Waals surface area (Å²) in [5.41, 5.74) is 2.75. The molecule has 3 aromatic rings. The lowest BCUT2D eigenvalue weighted by Crippen LogP contribution is -2.48. The Morgan fingerprint density at radius 2 is 2.03 bits per heavy atom. The maximum absolute atomic E-state index is 13.3. The van der Waals surface area contributed by atoms with Crippen LogP contribution < -0.4 is 5.32 Å². The van der Waals surface area contributed by atoms with Crippen molar-refractivity contribution in [3.63, 3.8) is 0 Å². The van der Waals surface area contributed by atoms with Crippen LogP contribution in [0.15, 0.2) is 48.8 Å². The molecule has 0 bridgehead atoms. The van der Waals surface area contributed by atoms with Gasteiger partial charge in [0.25, 0.3) is 5.91 Å². The van der Waals surface area contributed by atoms with Gasteiger partial charge in [-0.1, -0.05) is 18.2 Å². The van der Waals surface area contributed by atoms with Gasteiger partial charge in [0.05, 0.1) is 16.7 Å². The molecule has 0 aliphatic carbocycles. The minimum absolute atomic E-state index is 0. The third-order valence-electron chi connectivity index (χ3n) is 4.88. The second-order valence-electron chi connectivity index (χ2n) is 6.83.